The van der Waals surface area contributed by atoms with E-state index in [1.807, 2.05) is 40.8 Å². The van der Waals surface area contributed by atoms with Crippen molar-refractivity contribution in [2.75, 3.05) is 6.61 Å². The monoisotopic (exact) mass is 384 g/mol. The maximum absolute atomic E-state index is 13.2. The van der Waals surface area contributed by atoms with E-state index < -0.39 is 6.10 Å². The standard InChI is InChI=1S/C16H14FIO2/c17-11-6-7-12(14(18)9-11)15(19)13-5-1-3-10-4-2-8-20-16(10)13/h1,3,5-7,9,15,19H,2,4,8H2. The molecular formula is C16H14FIO2. The quantitative estimate of drug-likeness (QED) is 0.798. The number of rotatable bonds is 2. The van der Waals surface area contributed by atoms with Crippen LogP contribution < -0.4 is 4.74 Å². The molecule has 0 bridgehead atoms. The van der Waals surface area contributed by atoms with Gasteiger partial charge in [-0.1, -0.05) is 24.3 Å². The second-order valence-corrected chi connectivity index (χ2v) is 6.02. The molecule has 1 heterocycles. The molecule has 0 amide bonds. The van der Waals surface area contributed by atoms with Crippen molar-refractivity contribution >= 4 is 22.6 Å². The molecule has 0 saturated carbocycles. The Morgan fingerprint density at radius 1 is 1.20 bits per heavy atom. The van der Waals surface area contributed by atoms with Crippen molar-refractivity contribution in [1.29, 1.82) is 0 Å². The average molecular weight is 384 g/mol. The summed E-state index contributed by atoms with van der Waals surface area (Å²) in [5.41, 5.74) is 2.59. The molecule has 2 aromatic carbocycles. The largest absolute Gasteiger partial charge is 0.493 e. The Morgan fingerprint density at radius 2 is 2.05 bits per heavy atom. The van der Waals surface area contributed by atoms with Crippen molar-refractivity contribution in [2.45, 2.75) is 18.9 Å². The first-order valence-corrected chi connectivity index (χ1v) is 7.62. The van der Waals surface area contributed by atoms with Crippen LogP contribution in [0, 0.1) is 9.39 Å². The minimum atomic E-state index is -0.796. The second-order valence-electron chi connectivity index (χ2n) is 4.86. The fraction of sp³-hybridized carbons (Fsp3) is 0.250. The number of hydrogen-bond donors (Lipinski definition) is 1. The molecule has 2 nitrogen and oxygen atoms in total. The minimum Gasteiger partial charge on any atom is -0.493 e. The van der Waals surface area contributed by atoms with Crippen molar-refractivity contribution in [1.82, 2.24) is 0 Å². The zero-order valence-corrected chi connectivity index (χ0v) is 12.9. The van der Waals surface area contributed by atoms with E-state index >= 15 is 0 Å². The number of benzene rings is 2. The van der Waals surface area contributed by atoms with Crippen LogP contribution in [0.15, 0.2) is 36.4 Å². The van der Waals surface area contributed by atoms with Gasteiger partial charge in [0.05, 0.1) is 6.61 Å². The molecule has 0 spiro atoms. The van der Waals surface area contributed by atoms with Gasteiger partial charge in [-0.3, -0.25) is 0 Å². The number of para-hydroxylation sites is 1. The van der Waals surface area contributed by atoms with E-state index in [9.17, 15) is 9.50 Å². The zero-order chi connectivity index (χ0) is 14.1. The summed E-state index contributed by atoms with van der Waals surface area (Å²) in [5, 5.41) is 10.6. The van der Waals surface area contributed by atoms with Crippen molar-refractivity contribution < 1.29 is 14.2 Å². The fourth-order valence-corrected chi connectivity index (χ4v) is 3.29. The number of hydrogen-bond acceptors (Lipinski definition) is 2. The van der Waals surface area contributed by atoms with Crippen molar-refractivity contribution in [3.05, 3.63) is 62.5 Å². The Morgan fingerprint density at radius 3 is 2.85 bits per heavy atom. The maximum Gasteiger partial charge on any atom is 0.128 e. The van der Waals surface area contributed by atoms with Crippen LogP contribution in [0.1, 0.15) is 29.2 Å². The van der Waals surface area contributed by atoms with Crippen LogP contribution in [-0.2, 0) is 6.42 Å². The Bertz CT molecular complexity index is 642. The van der Waals surface area contributed by atoms with E-state index in [-0.39, 0.29) is 5.82 Å². The molecule has 104 valence electrons. The van der Waals surface area contributed by atoms with Gasteiger partial charge in [0.25, 0.3) is 0 Å². The minimum absolute atomic E-state index is 0.295. The zero-order valence-electron chi connectivity index (χ0n) is 10.8. The van der Waals surface area contributed by atoms with E-state index in [4.69, 9.17) is 4.74 Å². The van der Waals surface area contributed by atoms with Gasteiger partial charge in [-0.05, 0) is 58.7 Å². The lowest BCUT2D eigenvalue weighted by atomic mass is 9.95. The number of aliphatic hydroxyl groups excluding tert-OH is 1. The van der Waals surface area contributed by atoms with Gasteiger partial charge >= 0.3 is 0 Å². The van der Waals surface area contributed by atoms with Gasteiger partial charge in [0.2, 0.25) is 0 Å². The fourth-order valence-electron chi connectivity index (χ4n) is 2.52. The molecule has 0 aromatic heterocycles. The van der Waals surface area contributed by atoms with E-state index in [1.54, 1.807) is 6.07 Å². The average Bonchev–Trinajstić information content (AvgIpc) is 2.46. The first-order valence-electron chi connectivity index (χ1n) is 6.54. The molecule has 1 aliphatic heterocycles. The second kappa shape index (κ2) is 5.69. The summed E-state index contributed by atoms with van der Waals surface area (Å²) in [5.74, 6) is 0.489. The van der Waals surface area contributed by atoms with Crippen LogP contribution >= 0.6 is 22.6 Å². The highest BCUT2D eigenvalue weighted by Crippen LogP contribution is 2.36. The van der Waals surface area contributed by atoms with Crippen LogP contribution in [0.25, 0.3) is 0 Å². The Kier molecular flexibility index (Phi) is 3.94. The summed E-state index contributed by atoms with van der Waals surface area (Å²) >= 11 is 2.04. The highest BCUT2D eigenvalue weighted by molar-refractivity contribution is 14.1. The van der Waals surface area contributed by atoms with E-state index in [0.29, 0.717) is 15.7 Å². The van der Waals surface area contributed by atoms with Crippen molar-refractivity contribution in [3.63, 3.8) is 0 Å². The third-order valence-corrected chi connectivity index (χ3v) is 4.45. The summed E-state index contributed by atoms with van der Waals surface area (Å²) in [4.78, 5) is 0. The molecule has 3 rings (SSSR count). The Hall–Kier alpha value is -1.14. The lowest BCUT2D eigenvalue weighted by molar-refractivity contribution is 0.206. The molecule has 0 fully saturated rings. The summed E-state index contributed by atoms with van der Waals surface area (Å²) in [7, 11) is 0. The first kappa shape index (κ1) is 13.8. The van der Waals surface area contributed by atoms with E-state index in [0.717, 1.165) is 29.7 Å². The number of halogens is 2. The van der Waals surface area contributed by atoms with E-state index in [1.165, 1.54) is 12.1 Å². The molecule has 1 aliphatic rings. The third-order valence-electron chi connectivity index (χ3n) is 3.52. The summed E-state index contributed by atoms with van der Waals surface area (Å²) < 4.78 is 19.6. The number of aliphatic hydroxyl groups is 1. The van der Waals surface area contributed by atoms with Crippen LogP contribution in [0.4, 0.5) is 4.39 Å². The molecule has 1 N–H and O–H groups in total. The molecule has 0 radical (unpaired) electrons. The van der Waals surface area contributed by atoms with Crippen LogP contribution in [0.3, 0.4) is 0 Å². The molecule has 2 aromatic rings. The van der Waals surface area contributed by atoms with Gasteiger partial charge in [0.15, 0.2) is 0 Å². The van der Waals surface area contributed by atoms with Crippen LogP contribution in [-0.4, -0.2) is 11.7 Å². The third kappa shape index (κ3) is 2.54. The summed E-state index contributed by atoms with van der Waals surface area (Å²) in [6.07, 6.45) is 1.17. The summed E-state index contributed by atoms with van der Waals surface area (Å²) in [6, 6.07) is 10.3. The normalized spacial score (nSPS) is 15.3. The van der Waals surface area contributed by atoms with Gasteiger partial charge in [0, 0.05) is 9.13 Å². The van der Waals surface area contributed by atoms with Gasteiger partial charge in [-0.2, -0.15) is 0 Å². The van der Waals surface area contributed by atoms with Gasteiger partial charge in [-0.15, -0.1) is 0 Å². The highest BCUT2D eigenvalue weighted by atomic mass is 127. The molecule has 1 atom stereocenters. The predicted molar refractivity (Wildman–Crippen MR) is 83.4 cm³/mol. The van der Waals surface area contributed by atoms with Crippen LogP contribution in [0.5, 0.6) is 5.75 Å². The molecule has 4 heteroatoms. The van der Waals surface area contributed by atoms with Crippen molar-refractivity contribution in [3.8, 4) is 5.75 Å². The Balaban J connectivity index is 2.04. The SMILES string of the molecule is OC(c1ccc(F)cc1I)c1cccc2c1OCCC2. The van der Waals surface area contributed by atoms with E-state index in [2.05, 4.69) is 0 Å². The topological polar surface area (TPSA) is 29.5 Å². The lowest BCUT2D eigenvalue weighted by Crippen LogP contribution is -2.13. The Labute approximate surface area is 130 Å². The predicted octanol–water partition coefficient (Wildman–Crippen LogP) is 3.84. The maximum atomic E-state index is 13.2. The first-order chi connectivity index (χ1) is 9.66. The highest BCUT2D eigenvalue weighted by Gasteiger charge is 2.22. The summed E-state index contributed by atoms with van der Waals surface area (Å²) in [6.45, 7) is 0.678. The number of ether oxygens (including phenoxy) is 1. The molecular weight excluding hydrogens is 370 g/mol. The van der Waals surface area contributed by atoms with Gasteiger partial charge in [0.1, 0.15) is 17.7 Å². The van der Waals surface area contributed by atoms with Gasteiger partial charge < -0.3 is 9.84 Å². The molecule has 0 aliphatic carbocycles. The van der Waals surface area contributed by atoms with Gasteiger partial charge in [-0.25, -0.2) is 4.39 Å². The smallest absolute Gasteiger partial charge is 0.128 e. The molecule has 20 heavy (non-hydrogen) atoms. The number of aryl methyl sites for hydroxylation is 1. The van der Waals surface area contributed by atoms with Crippen LogP contribution in [0.2, 0.25) is 0 Å². The molecule has 0 saturated heterocycles. The lowest BCUT2D eigenvalue weighted by Gasteiger charge is -2.23. The molecule has 1 unspecified atom stereocenters. The number of fused-ring (bicyclic) bond motifs is 1. The van der Waals surface area contributed by atoms with Crippen molar-refractivity contribution in [2.24, 2.45) is 0 Å².